The average Bonchev–Trinajstić information content (AvgIpc) is 2.57. The number of anilines is 1. The molecule has 0 atom stereocenters. The van der Waals surface area contributed by atoms with Gasteiger partial charge >= 0.3 is 6.09 Å². The number of benzene rings is 2. The van der Waals surface area contributed by atoms with Gasteiger partial charge in [-0.05, 0) is 32.9 Å². The van der Waals surface area contributed by atoms with Crippen LogP contribution in [0.3, 0.4) is 0 Å². The number of nitrogens with zero attached hydrogens (tertiary/aromatic N) is 1. The molecule has 0 aliphatic rings. The summed E-state index contributed by atoms with van der Waals surface area (Å²) < 4.78 is 19.7. The number of hydrogen-bond acceptors (Lipinski definition) is 6. The Balaban J connectivity index is 2.00. The van der Waals surface area contributed by atoms with Gasteiger partial charge in [0.25, 0.3) is 5.69 Å². The van der Waals surface area contributed by atoms with Crippen LogP contribution >= 0.6 is 0 Å². The number of nitro groups is 1. The molecule has 0 unspecified atom stereocenters. The number of nitro benzene ring substituents is 1. The normalized spacial score (nSPS) is 11.1. The molecule has 0 spiro atoms. The minimum atomic E-state index is -0.757. The Bertz CT molecular complexity index is 880. The third-order valence-corrected chi connectivity index (χ3v) is 3.62. The molecule has 0 aliphatic carbocycles. The number of non-ortho nitro benzene ring substituents is 1. The molecule has 0 aromatic heterocycles. The summed E-state index contributed by atoms with van der Waals surface area (Å²) in [4.78, 5) is 21.9. The number of aromatic hydroxyl groups is 1. The van der Waals surface area contributed by atoms with Crippen LogP contribution in [0.5, 0.6) is 5.75 Å². The lowest BCUT2D eigenvalue weighted by Crippen LogP contribution is -2.27. The maximum absolute atomic E-state index is 14.6. The van der Waals surface area contributed by atoms with Gasteiger partial charge in [0.2, 0.25) is 0 Å². The number of amides is 1. The number of halogens is 1. The van der Waals surface area contributed by atoms with Crippen LogP contribution in [0.1, 0.15) is 31.9 Å². The van der Waals surface area contributed by atoms with E-state index in [1.807, 2.05) is 0 Å². The molecule has 3 N–H and O–H groups in total. The molecule has 0 radical (unpaired) electrons. The largest absolute Gasteiger partial charge is 0.507 e. The van der Waals surface area contributed by atoms with Gasteiger partial charge in [-0.3, -0.25) is 15.4 Å². The molecule has 9 heteroatoms. The number of ether oxygens (including phenoxy) is 1. The highest BCUT2D eigenvalue weighted by atomic mass is 19.1. The van der Waals surface area contributed by atoms with Gasteiger partial charge in [-0.2, -0.15) is 0 Å². The molecule has 2 aromatic rings. The molecule has 8 nitrogen and oxygen atoms in total. The van der Waals surface area contributed by atoms with E-state index < -0.39 is 22.4 Å². The van der Waals surface area contributed by atoms with Crippen molar-refractivity contribution in [1.29, 1.82) is 0 Å². The van der Waals surface area contributed by atoms with Crippen LogP contribution in [0.4, 0.5) is 20.6 Å². The van der Waals surface area contributed by atoms with E-state index in [1.54, 1.807) is 32.9 Å². The quantitative estimate of drug-likeness (QED) is 0.505. The predicted octanol–water partition coefficient (Wildman–Crippen LogP) is 4.08. The Hall–Kier alpha value is -3.20. The number of rotatable bonds is 6. The lowest BCUT2D eigenvalue weighted by Gasteiger charge is -2.20. The van der Waals surface area contributed by atoms with Gasteiger partial charge < -0.3 is 15.2 Å². The molecule has 0 saturated carbocycles. The van der Waals surface area contributed by atoms with Crippen LogP contribution in [0, 0.1) is 15.9 Å². The number of hydrogen-bond donors (Lipinski definition) is 3. The minimum absolute atomic E-state index is 0.00765. The SMILES string of the molecule is CC(C)(C)OC(=O)Nc1cccc(CNCc2ccc([N+](=O)[O-])cc2O)c1F. The first-order chi connectivity index (χ1) is 13.1. The molecule has 150 valence electrons. The second kappa shape index (κ2) is 8.66. The Morgan fingerprint density at radius 1 is 1.21 bits per heavy atom. The number of carbonyl (C=O) groups excluding carboxylic acids is 1. The highest BCUT2D eigenvalue weighted by molar-refractivity contribution is 5.85. The van der Waals surface area contributed by atoms with E-state index in [4.69, 9.17) is 4.74 Å². The Kier molecular flexibility index (Phi) is 6.53. The monoisotopic (exact) mass is 391 g/mol. The van der Waals surface area contributed by atoms with Gasteiger partial charge in [0.1, 0.15) is 11.4 Å². The van der Waals surface area contributed by atoms with Crippen molar-refractivity contribution in [1.82, 2.24) is 5.32 Å². The average molecular weight is 391 g/mol. The van der Waals surface area contributed by atoms with Crippen LogP contribution in [-0.2, 0) is 17.8 Å². The van der Waals surface area contributed by atoms with Crippen LogP contribution in [0.15, 0.2) is 36.4 Å². The van der Waals surface area contributed by atoms with Crippen LogP contribution < -0.4 is 10.6 Å². The summed E-state index contributed by atoms with van der Waals surface area (Å²) in [6.07, 6.45) is -0.757. The first-order valence-electron chi connectivity index (χ1n) is 8.51. The smallest absolute Gasteiger partial charge is 0.412 e. The van der Waals surface area contributed by atoms with E-state index in [9.17, 15) is 24.4 Å². The lowest BCUT2D eigenvalue weighted by atomic mass is 10.1. The number of nitrogens with one attached hydrogen (secondary N) is 2. The molecule has 0 fully saturated rings. The van der Waals surface area contributed by atoms with Crippen LogP contribution in [0.25, 0.3) is 0 Å². The van der Waals surface area contributed by atoms with Crippen molar-refractivity contribution >= 4 is 17.5 Å². The van der Waals surface area contributed by atoms with Gasteiger partial charge in [-0.25, -0.2) is 9.18 Å². The van der Waals surface area contributed by atoms with E-state index in [0.717, 1.165) is 6.07 Å². The van der Waals surface area contributed by atoms with Crippen molar-refractivity contribution < 1.29 is 24.0 Å². The highest BCUT2D eigenvalue weighted by Gasteiger charge is 2.18. The maximum Gasteiger partial charge on any atom is 0.412 e. The van der Waals surface area contributed by atoms with Gasteiger partial charge in [0.15, 0.2) is 5.82 Å². The number of phenols is 1. The van der Waals surface area contributed by atoms with E-state index >= 15 is 0 Å². The van der Waals surface area contributed by atoms with E-state index in [2.05, 4.69) is 10.6 Å². The Morgan fingerprint density at radius 3 is 2.50 bits per heavy atom. The third kappa shape index (κ3) is 5.92. The van der Waals surface area contributed by atoms with E-state index in [1.165, 1.54) is 18.2 Å². The third-order valence-electron chi connectivity index (χ3n) is 3.62. The molecular weight excluding hydrogens is 369 g/mol. The Morgan fingerprint density at radius 2 is 1.89 bits per heavy atom. The van der Waals surface area contributed by atoms with Crippen molar-refractivity contribution in [3.05, 3.63) is 63.5 Å². The van der Waals surface area contributed by atoms with Gasteiger partial charge in [0.05, 0.1) is 16.7 Å². The predicted molar refractivity (Wildman–Crippen MR) is 102 cm³/mol. The molecule has 0 saturated heterocycles. The topological polar surface area (TPSA) is 114 Å². The second-order valence-corrected chi connectivity index (χ2v) is 7.08. The maximum atomic E-state index is 14.6. The molecule has 2 rings (SSSR count). The first-order valence-corrected chi connectivity index (χ1v) is 8.51. The Labute approximate surface area is 161 Å². The fraction of sp³-hybridized carbons (Fsp3) is 0.316. The summed E-state index contributed by atoms with van der Waals surface area (Å²) in [5.41, 5.74) is -0.184. The summed E-state index contributed by atoms with van der Waals surface area (Å²) in [7, 11) is 0. The van der Waals surface area contributed by atoms with Crippen LogP contribution in [-0.4, -0.2) is 21.7 Å². The molecule has 0 aliphatic heterocycles. The fourth-order valence-electron chi connectivity index (χ4n) is 2.37. The molecule has 0 heterocycles. The molecule has 0 bridgehead atoms. The van der Waals surface area contributed by atoms with Gasteiger partial charge in [-0.15, -0.1) is 0 Å². The van der Waals surface area contributed by atoms with Crippen molar-refractivity contribution in [3.63, 3.8) is 0 Å². The molecular formula is C19H22FN3O5. The minimum Gasteiger partial charge on any atom is -0.507 e. The molecule has 1 amide bonds. The zero-order chi connectivity index (χ0) is 20.9. The van der Waals surface area contributed by atoms with Crippen molar-refractivity contribution in [2.24, 2.45) is 0 Å². The van der Waals surface area contributed by atoms with Gasteiger partial charge in [0, 0.05) is 30.3 Å². The highest BCUT2D eigenvalue weighted by Crippen LogP contribution is 2.24. The lowest BCUT2D eigenvalue weighted by molar-refractivity contribution is -0.384. The summed E-state index contributed by atoms with van der Waals surface area (Å²) in [5.74, 6) is -0.823. The summed E-state index contributed by atoms with van der Waals surface area (Å²) in [5, 5.41) is 25.9. The second-order valence-electron chi connectivity index (χ2n) is 7.08. The van der Waals surface area contributed by atoms with E-state index in [-0.39, 0.29) is 30.2 Å². The molecule has 2 aromatic carbocycles. The fourth-order valence-corrected chi connectivity index (χ4v) is 2.37. The number of carbonyl (C=O) groups is 1. The van der Waals surface area contributed by atoms with Gasteiger partial charge in [-0.1, -0.05) is 12.1 Å². The summed E-state index contributed by atoms with van der Waals surface area (Å²) in [6.45, 7) is 5.41. The van der Waals surface area contributed by atoms with E-state index in [0.29, 0.717) is 11.1 Å². The zero-order valence-corrected chi connectivity index (χ0v) is 15.8. The van der Waals surface area contributed by atoms with Crippen molar-refractivity contribution in [3.8, 4) is 5.75 Å². The van der Waals surface area contributed by atoms with Crippen molar-refractivity contribution in [2.45, 2.75) is 39.5 Å². The van der Waals surface area contributed by atoms with Crippen molar-refractivity contribution in [2.75, 3.05) is 5.32 Å². The first kappa shape index (κ1) is 21.1. The van der Waals surface area contributed by atoms with Crippen LogP contribution in [0.2, 0.25) is 0 Å². The molecule has 28 heavy (non-hydrogen) atoms. The zero-order valence-electron chi connectivity index (χ0n) is 15.8. The summed E-state index contributed by atoms with van der Waals surface area (Å²) >= 11 is 0. The number of phenolic OH excluding ortho intramolecular Hbond substituents is 1. The standard InChI is InChI=1S/C19H22FN3O5/c1-19(2,3)28-18(25)22-15-6-4-5-13(17(15)20)11-21-10-12-7-8-14(23(26)27)9-16(12)24/h4-9,21,24H,10-11H2,1-3H3,(H,22,25). The summed E-state index contributed by atoms with van der Waals surface area (Å²) in [6, 6.07) is 8.34.